The van der Waals surface area contributed by atoms with Crippen molar-refractivity contribution in [2.45, 2.75) is 20.8 Å². The van der Waals surface area contributed by atoms with Gasteiger partial charge in [-0.15, -0.1) is 0 Å². The molecule has 0 N–H and O–H groups in total. The van der Waals surface area contributed by atoms with Crippen LogP contribution >= 0.6 is 22.6 Å². The zero-order valence-electron chi connectivity index (χ0n) is 13.2. The third-order valence-corrected chi connectivity index (χ3v) is 4.54. The summed E-state index contributed by atoms with van der Waals surface area (Å²) in [4.78, 5) is 25.0. The normalized spacial score (nSPS) is 10.4. The number of hydrogen-bond acceptors (Lipinski definition) is 3. The van der Waals surface area contributed by atoms with Crippen LogP contribution in [0.25, 0.3) is 0 Å². The summed E-state index contributed by atoms with van der Waals surface area (Å²) in [5.74, 6) is -0.229. The molecule has 2 aromatic carbocycles. The average Bonchev–Trinajstić information content (AvgIpc) is 2.50. The van der Waals surface area contributed by atoms with Crippen molar-refractivity contribution in [1.29, 1.82) is 0 Å². The van der Waals surface area contributed by atoms with Crippen LogP contribution in [0.5, 0.6) is 0 Å². The Bertz CT molecular complexity index is 774. The van der Waals surface area contributed by atoms with Crippen molar-refractivity contribution in [1.82, 2.24) is 0 Å². The number of hydrogen-bond donors (Lipinski definition) is 0. The number of halogens is 1. The largest absolute Gasteiger partial charge is 0.308 e. The maximum Gasteiger partial charge on any atom is 0.270 e. The third-order valence-electron chi connectivity index (χ3n) is 3.60. The van der Waals surface area contributed by atoms with E-state index in [1.807, 2.05) is 61.6 Å². The molecular formula is C17H17IN2O3. The molecule has 0 saturated heterocycles. The minimum Gasteiger partial charge on any atom is -0.308 e. The van der Waals surface area contributed by atoms with Crippen LogP contribution in [0.2, 0.25) is 0 Å². The summed E-state index contributed by atoms with van der Waals surface area (Å²) in [6.45, 7) is 6.33. The predicted molar refractivity (Wildman–Crippen MR) is 99.1 cm³/mol. The first-order chi connectivity index (χ1) is 10.8. The molecule has 120 valence electrons. The van der Waals surface area contributed by atoms with Crippen molar-refractivity contribution in [3.05, 3.63) is 66.8 Å². The van der Waals surface area contributed by atoms with Gasteiger partial charge >= 0.3 is 0 Å². The second-order valence-electron chi connectivity index (χ2n) is 5.26. The van der Waals surface area contributed by atoms with Crippen LogP contribution in [0, 0.1) is 27.5 Å². The van der Waals surface area contributed by atoms with Gasteiger partial charge in [0.05, 0.1) is 10.5 Å². The summed E-state index contributed by atoms with van der Waals surface area (Å²) in [6, 6.07) is 10.2. The Morgan fingerprint density at radius 2 is 1.91 bits per heavy atom. The van der Waals surface area contributed by atoms with E-state index in [1.54, 1.807) is 11.0 Å². The molecule has 0 aromatic heterocycles. The number of benzene rings is 2. The van der Waals surface area contributed by atoms with E-state index in [0.717, 1.165) is 16.8 Å². The summed E-state index contributed by atoms with van der Waals surface area (Å²) >= 11 is 2.03. The van der Waals surface area contributed by atoms with Gasteiger partial charge in [0.15, 0.2) is 0 Å². The zero-order valence-corrected chi connectivity index (χ0v) is 15.3. The number of anilines is 1. The lowest BCUT2D eigenvalue weighted by Gasteiger charge is -2.23. The highest BCUT2D eigenvalue weighted by molar-refractivity contribution is 14.1. The summed E-state index contributed by atoms with van der Waals surface area (Å²) in [6.07, 6.45) is 0. The topological polar surface area (TPSA) is 63.5 Å². The number of rotatable bonds is 4. The molecule has 0 saturated carbocycles. The number of nitrogens with zero attached hydrogens (tertiary/aromatic N) is 2. The van der Waals surface area contributed by atoms with Crippen molar-refractivity contribution >= 4 is 39.9 Å². The maximum atomic E-state index is 12.9. The molecule has 0 radical (unpaired) electrons. The fourth-order valence-electron chi connectivity index (χ4n) is 2.47. The summed E-state index contributed by atoms with van der Waals surface area (Å²) in [7, 11) is 0. The highest BCUT2D eigenvalue weighted by atomic mass is 127. The quantitative estimate of drug-likeness (QED) is 0.413. The molecule has 0 heterocycles. The first kappa shape index (κ1) is 17.4. The number of carbonyl (C=O) groups is 1. The van der Waals surface area contributed by atoms with Gasteiger partial charge in [-0.05, 0) is 61.1 Å². The van der Waals surface area contributed by atoms with E-state index >= 15 is 0 Å². The molecule has 1 amide bonds. The van der Waals surface area contributed by atoms with Crippen LogP contribution in [0.4, 0.5) is 11.4 Å². The van der Waals surface area contributed by atoms with Gasteiger partial charge in [-0.2, -0.15) is 0 Å². The molecule has 23 heavy (non-hydrogen) atoms. The van der Waals surface area contributed by atoms with Gasteiger partial charge < -0.3 is 4.90 Å². The standard InChI is InChI=1S/C17H17IN2O3/c1-4-19(16-8-5-11(2)9-12(16)3)17(21)14-10-13(20(22)23)6-7-15(14)18/h5-10H,4H2,1-3H3. The summed E-state index contributed by atoms with van der Waals surface area (Å²) in [5, 5.41) is 11.0. The van der Waals surface area contributed by atoms with Crippen LogP contribution < -0.4 is 4.90 Å². The second kappa shape index (κ2) is 7.08. The van der Waals surface area contributed by atoms with E-state index in [1.165, 1.54) is 12.1 Å². The molecule has 0 aliphatic carbocycles. The van der Waals surface area contributed by atoms with Gasteiger partial charge in [-0.25, -0.2) is 0 Å². The van der Waals surface area contributed by atoms with Gasteiger partial charge in [0.1, 0.15) is 0 Å². The van der Waals surface area contributed by atoms with Crippen molar-refractivity contribution in [2.24, 2.45) is 0 Å². The van der Waals surface area contributed by atoms with E-state index in [9.17, 15) is 14.9 Å². The van der Waals surface area contributed by atoms with Crippen molar-refractivity contribution in [3.63, 3.8) is 0 Å². The smallest absolute Gasteiger partial charge is 0.270 e. The Morgan fingerprint density at radius 3 is 2.48 bits per heavy atom. The Morgan fingerprint density at radius 1 is 1.22 bits per heavy atom. The van der Waals surface area contributed by atoms with E-state index in [2.05, 4.69) is 0 Å². The molecule has 0 aliphatic heterocycles. The zero-order chi connectivity index (χ0) is 17.1. The molecular weight excluding hydrogens is 407 g/mol. The molecule has 0 bridgehead atoms. The molecule has 0 fully saturated rings. The van der Waals surface area contributed by atoms with Gasteiger partial charge in [-0.1, -0.05) is 17.7 Å². The molecule has 0 aliphatic rings. The predicted octanol–water partition coefficient (Wildman–Crippen LogP) is 4.48. The van der Waals surface area contributed by atoms with E-state index in [-0.39, 0.29) is 11.6 Å². The minimum absolute atomic E-state index is 0.0783. The van der Waals surface area contributed by atoms with E-state index < -0.39 is 4.92 Å². The highest BCUT2D eigenvalue weighted by Crippen LogP contribution is 2.26. The SMILES string of the molecule is CCN(C(=O)c1cc([N+](=O)[O-])ccc1I)c1ccc(C)cc1C. The van der Waals surface area contributed by atoms with Gasteiger partial charge in [-0.3, -0.25) is 14.9 Å². The van der Waals surface area contributed by atoms with Gasteiger partial charge in [0, 0.05) is 27.9 Å². The summed E-state index contributed by atoms with van der Waals surface area (Å²) < 4.78 is 0.696. The number of aryl methyl sites for hydroxylation is 2. The molecule has 0 spiro atoms. The van der Waals surface area contributed by atoms with Crippen LogP contribution in [-0.2, 0) is 0 Å². The third kappa shape index (κ3) is 3.69. The van der Waals surface area contributed by atoms with Crippen LogP contribution in [0.15, 0.2) is 36.4 Å². The Hall–Kier alpha value is -1.96. The number of amides is 1. The number of non-ortho nitro benzene ring substituents is 1. The molecule has 2 aromatic rings. The lowest BCUT2D eigenvalue weighted by atomic mass is 10.1. The Balaban J connectivity index is 2.48. The Kier molecular flexibility index (Phi) is 5.35. The summed E-state index contributed by atoms with van der Waals surface area (Å²) in [5.41, 5.74) is 3.22. The van der Waals surface area contributed by atoms with Crippen molar-refractivity contribution in [2.75, 3.05) is 11.4 Å². The first-order valence-corrected chi connectivity index (χ1v) is 8.26. The molecule has 6 heteroatoms. The molecule has 0 unspecified atom stereocenters. The fraction of sp³-hybridized carbons (Fsp3) is 0.235. The Labute approximate surface area is 148 Å². The molecule has 5 nitrogen and oxygen atoms in total. The van der Waals surface area contributed by atoms with Crippen LogP contribution in [0.3, 0.4) is 0 Å². The first-order valence-electron chi connectivity index (χ1n) is 7.18. The number of nitro benzene ring substituents is 1. The molecule has 0 atom stereocenters. The van der Waals surface area contributed by atoms with Gasteiger partial charge in [0.2, 0.25) is 0 Å². The number of carbonyl (C=O) groups excluding carboxylic acids is 1. The van der Waals surface area contributed by atoms with Crippen LogP contribution in [0.1, 0.15) is 28.4 Å². The lowest BCUT2D eigenvalue weighted by Crippen LogP contribution is -2.31. The lowest BCUT2D eigenvalue weighted by molar-refractivity contribution is -0.384. The average molecular weight is 424 g/mol. The van der Waals surface area contributed by atoms with Gasteiger partial charge in [0.25, 0.3) is 11.6 Å². The fourth-order valence-corrected chi connectivity index (χ4v) is 3.03. The van der Waals surface area contributed by atoms with E-state index in [4.69, 9.17) is 0 Å². The number of nitro groups is 1. The van der Waals surface area contributed by atoms with Crippen molar-refractivity contribution < 1.29 is 9.72 Å². The van der Waals surface area contributed by atoms with Crippen molar-refractivity contribution in [3.8, 4) is 0 Å². The molecule has 2 rings (SSSR count). The maximum absolute atomic E-state index is 12.9. The van der Waals surface area contributed by atoms with E-state index in [0.29, 0.717) is 15.7 Å². The minimum atomic E-state index is -0.486. The second-order valence-corrected chi connectivity index (χ2v) is 6.42. The van der Waals surface area contributed by atoms with Crippen LogP contribution in [-0.4, -0.2) is 17.4 Å². The monoisotopic (exact) mass is 424 g/mol. The highest BCUT2D eigenvalue weighted by Gasteiger charge is 2.22.